The maximum atomic E-state index is 6.08. The molecule has 64 valence electrons. The van der Waals surface area contributed by atoms with Gasteiger partial charge in [-0.05, 0) is 30.5 Å². The van der Waals surface area contributed by atoms with Crippen LogP contribution in [0.2, 0.25) is 5.02 Å². The van der Waals surface area contributed by atoms with Gasteiger partial charge in [-0.1, -0.05) is 29.8 Å². The maximum Gasteiger partial charge on any atom is 0.0441 e. The summed E-state index contributed by atoms with van der Waals surface area (Å²) in [6.45, 7) is 2.19. The summed E-state index contributed by atoms with van der Waals surface area (Å²) in [5.41, 5.74) is 1.30. The zero-order valence-corrected chi connectivity index (χ0v) is 7.64. The summed E-state index contributed by atoms with van der Waals surface area (Å²) in [5, 5.41) is 4.25. The molecular weight excluding hydrogens is 170 g/mol. The molecule has 2 heteroatoms. The van der Waals surface area contributed by atoms with Crippen LogP contribution in [0.15, 0.2) is 24.3 Å². The van der Waals surface area contributed by atoms with Crippen LogP contribution in [0.3, 0.4) is 0 Å². The molecule has 0 saturated carbocycles. The number of nitrogens with one attached hydrogen (secondary N) is 1. The van der Waals surface area contributed by atoms with E-state index in [1.165, 1.54) is 12.0 Å². The first-order chi connectivity index (χ1) is 5.88. The van der Waals surface area contributed by atoms with E-state index in [4.69, 9.17) is 11.6 Å². The Bertz CT molecular complexity index is 266. The lowest BCUT2D eigenvalue weighted by Crippen LogP contribution is -2.08. The highest BCUT2D eigenvalue weighted by atomic mass is 35.5. The molecule has 1 fully saturated rings. The summed E-state index contributed by atoms with van der Waals surface area (Å²) in [7, 11) is 0. The molecule has 12 heavy (non-hydrogen) atoms. The molecule has 1 atom stereocenters. The Balaban J connectivity index is 2.26. The average Bonchev–Trinajstić information content (AvgIpc) is 2.57. The third kappa shape index (κ3) is 1.47. The quantitative estimate of drug-likeness (QED) is 0.702. The minimum absolute atomic E-state index is 0.624. The third-order valence-corrected chi connectivity index (χ3v) is 2.75. The standard InChI is InChI=1S/C10H12ClN/c11-10-4-2-1-3-9(10)8-5-6-12-7-8/h1-4,8,12H,5-7H2/t8-/m0/s1. The Kier molecular flexibility index (Phi) is 2.33. The van der Waals surface area contributed by atoms with Crippen LogP contribution in [-0.2, 0) is 0 Å². The summed E-state index contributed by atoms with van der Waals surface area (Å²) in [6.07, 6.45) is 1.21. The molecule has 1 aromatic rings. The second-order valence-corrected chi connectivity index (χ2v) is 3.62. The van der Waals surface area contributed by atoms with Gasteiger partial charge in [0, 0.05) is 11.6 Å². The number of hydrogen-bond donors (Lipinski definition) is 1. The van der Waals surface area contributed by atoms with E-state index in [2.05, 4.69) is 17.4 Å². The molecule has 1 aliphatic heterocycles. The van der Waals surface area contributed by atoms with Crippen LogP contribution >= 0.6 is 11.6 Å². The van der Waals surface area contributed by atoms with Gasteiger partial charge < -0.3 is 5.32 Å². The predicted octanol–water partition coefficient (Wildman–Crippen LogP) is 2.42. The molecule has 0 aromatic heterocycles. The predicted molar refractivity (Wildman–Crippen MR) is 51.7 cm³/mol. The molecule has 1 heterocycles. The van der Waals surface area contributed by atoms with Crippen molar-refractivity contribution in [2.75, 3.05) is 13.1 Å². The van der Waals surface area contributed by atoms with Crippen LogP contribution in [0.25, 0.3) is 0 Å². The Morgan fingerprint density at radius 2 is 2.17 bits per heavy atom. The normalized spacial score (nSPS) is 22.9. The van der Waals surface area contributed by atoms with Crippen LogP contribution in [0.4, 0.5) is 0 Å². The molecule has 0 amide bonds. The molecule has 0 radical (unpaired) electrons. The van der Waals surface area contributed by atoms with Gasteiger partial charge in [-0.15, -0.1) is 0 Å². The van der Waals surface area contributed by atoms with Gasteiger partial charge in [-0.3, -0.25) is 0 Å². The molecule has 0 unspecified atom stereocenters. The first-order valence-corrected chi connectivity index (χ1v) is 4.71. The number of halogens is 1. The van der Waals surface area contributed by atoms with E-state index in [0.717, 1.165) is 18.1 Å². The monoisotopic (exact) mass is 181 g/mol. The van der Waals surface area contributed by atoms with Crippen LogP contribution < -0.4 is 5.32 Å². The highest BCUT2D eigenvalue weighted by molar-refractivity contribution is 6.31. The van der Waals surface area contributed by atoms with Crippen molar-refractivity contribution in [3.8, 4) is 0 Å². The van der Waals surface area contributed by atoms with E-state index in [-0.39, 0.29) is 0 Å². The largest absolute Gasteiger partial charge is 0.316 e. The zero-order chi connectivity index (χ0) is 8.39. The molecule has 1 aromatic carbocycles. The van der Waals surface area contributed by atoms with Crippen molar-refractivity contribution in [2.45, 2.75) is 12.3 Å². The van der Waals surface area contributed by atoms with Gasteiger partial charge in [0.2, 0.25) is 0 Å². The van der Waals surface area contributed by atoms with Gasteiger partial charge in [-0.25, -0.2) is 0 Å². The summed E-state index contributed by atoms with van der Waals surface area (Å²) in [5.74, 6) is 0.624. The van der Waals surface area contributed by atoms with Gasteiger partial charge in [-0.2, -0.15) is 0 Å². The van der Waals surface area contributed by atoms with Gasteiger partial charge in [0.25, 0.3) is 0 Å². The second-order valence-electron chi connectivity index (χ2n) is 3.21. The van der Waals surface area contributed by atoms with Gasteiger partial charge in [0.1, 0.15) is 0 Å². The fourth-order valence-electron chi connectivity index (χ4n) is 1.73. The van der Waals surface area contributed by atoms with E-state index in [1.54, 1.807) is 0 Å². The summed E-state index contributed by atoms with van der Waals surface area (Å²) >= 11 is 6.08. The Morgan fingerprint density at radius 3 is 2.83 bits per heavy atom. The highest BCUT2D eigenvalue weighted by Crippen LogP contribution is 2.28. The summed E-state index contributed by atoms with van der Waals surface area (Å²) in [4.78, 5) is 0. The van der Waals surface area contributed by atoms with Crippen molar-refractivity contribution in [1.29, 1.82) is 0 Å². The molecular formula is C10H12ClN. The van der Waals surface area contributed by atoms with E-state index in [1.807, 2.05) is 12.1 Å². The van der Waals surface area contributed by atoms with Crippen molar-refractivity contribution < 1.29 is 0 Å². The molecule has 1 saturated heterocycles. The second kappa shape index (κ2) is 3.46. The van der Waals surface area contributed by atoms with Gasteiger partial charge in [0.15, 0.2) is 0 Å². The molecule has 0 spiro atoms. The summed E-state index contributed by atoms with van der Waals surface area (Å²) in [6, 6.07) is 8.13. The first-order valence-electron chi connectivity index (χ1n) is 4.33. The van der Waals surface area contributed by atoms with E-state index in [0.29, 0.717) is 5.92 Å². The number of benzene rings is 1. The lowest BCUT2D eigenvalue weighted by Gasteiger charge is -2.09. The minimum atomic E-state index is 0.624. The third-order valence-electron chi connectivity index (χ3n) is 2.41. The highest BCUT2D eigenvalue weighted by Gasteiger charge is 2.17. The molecule has 0 aliphatic carbocycles. The Hall–Kier alpha value is -0.530. The smallest absolute Gasteiger partial charge is 0.0441 e. The molecule has 1 aliphatic rings. The lowest BCUT2D eigenvalue weighted by atomic mass is 9.99. The average molecular weight is 182 g/mol. The van der Waals surface area contributed by atoms with Crippen LogP contribution in [0.1, 0.15) is 17.9 Å². The van der Waals surface area contributed by atoms with E-state index in [9.17, 15) is 0 Å². The van der Waals surface area contributed by atoms with Crippen molar-refractivity contribution in [3.63, 3.8) is 0 Å². The van der Waals surface area contributed by atoms with Crippen molar-refractivity contribution in [2.24, 2.45) is 0 Å². The summed E-state index contributed by atoms with van der Waals surface area (Å²) < 4.78 is 0. The fourth-order valence-corrected chi connectivity index (χ4v) is 2.02. The van der Waals surface area contributed by atoms with Crippen molar-refractivity contribution >= 4 is 11.6 Å². The van der Waals surface area contributed by atoms with Crippen molar-refractivity contribution in [1.82, 2.24) is 5.32 Å². The van der Waals surface area contributed by atoms with Crippen LogP contribution in [0, 0.1) is 0 Å². The minimum Gasteiger partial charge on any atom is -0.316 e. The molecule has 2 rings (SSSR count). The van der Waals surface area contributed by atoms with Crippen LogP contribution in [0.5, 0.6) is 0 Å². The van der Waals surface area contributed by atoms with Gasteiger partial charge >= 0.3 is 0 Å². The first kappa shape index (κ1) is 8.09. The fraction of sp³-hybridized carbons (Fsp3) is 0.400. The molecule has 0 bridgehead atoms. The topological polar surface area (TPSA) is 12.0 Å². The van der Waals surface area contributed by atoms with Gasteiger partial charge in [0.05, 0.1) is 0 Å². The lowest BCUT2D eigenvalue weighted by molar-refractivity contribution is 0.764. The van der Waals surface area contributed by atoms with Crippen LogP contribution in [-0.4, -0.2) is 13.1 Å². The Morgan fingerprint density at radius 1 is 1.33 bits per heavy atom. The molecule has 1 N–H and O–H groups in total. The number of rotatable bonds is 1. The van der Waals surface area contributed by atoms with Crippen molar-refractivity contribution in [3.05, 3.63) is 34.9 Å². The SMILES string of the molecule is Clc1ccccc1[C@H]1CCNC1. The molecule has 1 nitrogen and oxygen atoms in total. The number of hydrogen-bond acceptors (Lipinski definition) is 1. The maximum absolute atomic E-state index is 6.08. The van der Waals surface area contributed by atoms with E-state index >= 15 is 0 Å². The zero-order valence-electron chi connectivity index (χ0n) is 6.89. The van der Waals surface area contributed by atoms with E-state index < -0.39 is 0 Å². The Labute approximate surface area is 77.7 Å².